The first-order valence-corrected chi connectivity index (χ1v) is 7.44. The van der Waals surface area contributed by atoms with Gasteiger partial charge in [0.25, 0.3) is 0 Å². The average molecular weight is 290 g/mol. The highest BCUT2D eigenvalue weighted by Crippen LogP contribution is 2.35. The van der Waals surface area contributed by atoms with Gasteiger partial charge in [-0.1, -0.05) is 25.7 Å². The molecule has 1 aromatic heterocycles. The molecule has 1 aliphatic carbocycles. The maximum absolute atomic E-state index is 12.5. The van der Waals surface area contributed by atoms with Crippen LogP contribution in [0.15, 0.2) is 12.4 Å². The molecule has 0 radical (unpaired) electrons. The zero-order valence-electron chi connectivity index (χ0n) is 12.5. The Morgan fingerprint density at radius 1 is 1.48 bits per heavy atom. The number of aromatic nitrogens is 2. The first kappa shape index (κ1) is 15.5. The third-order valence-electron chi connectivity index (χ3n) is 4.02. The van der Waals surface area contributed by atoms with Crippen LogP contribution in [-0.4, -0.2) is 29.4 Å². The summed E-state index contributed by atoms with van der Waals surface area (Å²) in [6, 6.07) is 2.26. The first-order chi connectivity index (χ1) is 10.2. The Balaban J connectivity index is 2.02. The number of nitrogens with zero attached hydrogens (tertiary/aromatic N) is 3. The molecule has 1 aromatic rings. The van der Waals surface area contributed by atoms with Gasteiger partial charge in [0.2, 0.25) is 5.91 Å². The minimum Gasteiger partial charge on any atom is -0.383 e. The van der Waals surface area contributed by atoms with Crippen LogP contribution in [0.5, 0.6) is 0 Å². The van der Waals surface area contributed by atoms with E-state index in [9.17, 15) is 10.1 Å². The van der Waals surface area contributed by atoms with E-state index in [4.69, 9.17) is 4.74 Å². The number of carbonyl (C=O) groups excluding carboxylic acids is 1. The van der Waals surface area contributed by atoms with Crippen molar-refractivity contribution in [3.05, 3.63) is 12.4 Å². The molecule has 21 heavy (non-hydrogen) atoms. The van der Waals surface area contributed by atoms with Crippen LogP contribution in [0, 0.1) is 16.7 Å². The van der Waals surface area contributed by atoms with Crippen molar-refractivity contribution in [2.24, 2.45) is 5.41 Å². The third kappa shape index (κ3) is 3.82. The highest BCUT2D eigenvalue weighted by molar-refractivity contribution is 5.97. The van der Waals surface area contributed by atoms with Gasteiger partial charge in [-0.3, -0.25) is 9.48 Å². The van der Waals surface area contributed by atoms with E-state index < -0.39 is 5.41 Å². The molecule has 1 aliphatic rings. The molecule has 0 unspecified atom stereocenters. The molecule has 1 amide bonds. The van der Waals surface area contributed by atoms with E-state index in [0.29, 0.717) is 31.7 Å². The highest BCUT2D eigenvalue weighted by atomic mass is 16.5. The van der Waals surface area contributed by atoms with E-state index in [0.717, 1.165) is 25.7 Å². The second kappa shape index (κ2) is 7.23. The number of nitrogens with one attached hydrogen (secondary N) is 1. The van der Waals surface area contributed by atoms with E-state index in [-0.39, 0.29) is 5.91 Å². The van der Waals surface area contributed by atoms with Crippen molar-refractivity contribution in [3.8, 4) is 6.07 Å². The number of anilines is 1. The minimum atomic E-state index is -0.884. The lowest BCUT2D eigenvalue weighted by Gasteiger charge is -2.23. The molecule has 0 aromatic carbocycles. The fourth-order valence-corrected chi connectivity index (χ4v) is 2.71. The average Bonchev–Trinajstić information content (AvgIpc) is 2.79. The smallest absolute Gasteiger partial charge is 0.244 e. The molecule has 0 aliphatic heterocycles. The number of carbonyl (C=O) groups is 1. The monoisotopic (exact) mass is 290 g/mol. The number of hydrogen-bond donors (Lipinski definition) is 1. The van der Waals surface area contributed by atoms with Crippen LogP contribution in [0.3, 0.4) is 0 Å². The van der Waals surface area contributed by atoms with Crippen LogP contribution in [0.1, 0.15) is 38.5 Å². The summed E-state index contributed by atoms with van der Waals surface area (Å²) in [5, 5.41) is 16.5. The number of methoxy groups -OCH3 is 1. The van der Waals surface area contributed by atoms with Crippen LogP contribution in [0.2, 0.25) is 0 Å². The Bertz CT molecular complexity index is 510. The molecule has 1 N–H and O–H groups in total. The Labute approximate surface area is 125 Å². The lowest BCUT2D eigenvalue weighted by molar-refractivity contribution is -0.123. The Kier molecular flexibility index (Phi) is 5.34. The number of hydrogen-bond acceptors (Lipinski definition) is 4. The molecule has 1 fully saturated rings. The summed E-state index contributed by atoms with van der Waals surface area (Å²) in [5.74, 6) is -0.196. The summed E-state index contributed by atoms with van der Waals surface area (Å²) < 4.78 is 6.70. The normalized spacial score (nSPS) is 17.7. The number of rotatable bonds is 5. The van der Waals surface area contributed by atoms with E-state index in [1.165, 1.54) is 0 Å². The Morgan fingerprint density at radius 3 is 2.81 bits per heavy atom. The van der Waals surface area contributed by atoms with Gasteiger partial charge in [0, 0.05) is 13.3 Å². The van der Waals surface area contributed by atoms with Crippen molar-refractivity contribution in [2.45, 2.75) is 45.1 Å². The summed E-state index contributed by atoms with van der Waals surface area (Å²) in [6.45, 7) is 1.20. The Morgan fingerprint density at radius 2 is 2.19 bits per heavy atom. The van der Waals surface area contributed by atoms with Crippen LogP contribution < -0.4 is 5.32 Å². The molecule has 6 heteroatoms. The second-order valence-electron chi connectivity index (χ2n) is 5.55. The van der Waals surface area contributed by atoms with Gasteiger partial charge in [-0.15, -0.1) is 0 Å². The number of nitriles is 1. The van der Waals surface area contributed by atoms with E-state index in [2.05, 4.69) is 16.5 Å². The van der Waals surface area contributed by atoms with Gasteiger partial charge in [0.1, 0.15) is 5.41 Å². The second-order valence-corrected chi connectivity index (χ2v) is 5.55. The zero-order chi connectivity index (χ0) is 15.1. The van der Waals surface area contributed by atoms with Gasteiger partial charge >= 0.3 is 0 Å². The van der Waals surface area contributed by atoms with Gasteiger partial charge in [-0.25, -0.2) is 0 Å². The molecule has 6 nitrogen and oxygen atoms in total. The van der Waals surface area contributed by atoms with Gasteiger partial charge in [-0.05, 0) is 12.8 Å². The van der Waals surface area contributed by atoms with Gasteiger partial charge in [-0.2, -0.15) is 10.4 Å². The van der Waals surface area contributed by atoms with Crippen molar-refractivity contribution >= 4 is 11.6 Å². The maximum atomic E-state index is 12.5. The summed E-state index contributed by atoms with van der Waals surface area (Å²) in [7, 11) is 1.63. The SMILES string of the molecule is COCCn1cc(NC(=O)C2(C#N)CCCCCC2)cn1. The molecule has 0 bridgehead atoms. The van der Waals surface area contributed by atoms with Crippen LogP contribution in [0.25, 0.3) is 0 Å². The third-order valence-corrected chi connectivity index (χ3v) is 4.02. The van der Waals surface area contributed by atoms with Crippen LogP contribution >= 0.6 is 0 Å². The molecule has 1 saturated carbocycles. The zero-order valence-corrected chi connectivity index (χ0v) is 12.5. The summed E-state index contributed by atoms with van der Waals surface area (Å²) in [4.78, 5) is 12.5. The van der Waals surface area contributed by atoms with Crippen molar-refractivity contribution in [2.75, 3.05) is 19.0 Å². The molecule has 0 atom stereocenters. The molecule has 0 spiro atoms. The lowest BCUT2D eigenvalue weighted by Crippen LogP contribution is -2.34. The van der Waals surface area contributed by atoms with Gasteiger partial charge < -0.3 is 10.1 Å². The predicted molar refractivity (Wildman–Crippen MR) is 78.5 cm³/mol. The topological polar surface area (TPSA) is 79.9 Å². The van der Waals surface area contributed by atoms with Crippen LogP contribution in [-0.2, 0) is 16.1 Å². The summed E-state index contributed by atoms with van der Waals surface area (Å²) in [6.07, 6.45) is 8.74. The summed E-state index contributed by atoms with van der Waals surface area (Å²) >= 11 is 0. The van der Waals surface area contributed by atoms with Crippen molar-refractivity contribution in [1.29, 1.82) is 5.26 Å². The quantitative estimate of drug-likeness (QED) is 0.844. The number of ether oxygens (including phenoxy) is 1. The molecular formula is C15H22N4O2. The molecular weight excluding hydrogens is 268 g/mol. The molecule has 2 rings (SSSR count). The lowest BCUT2D eigenvalue weighted by atomic mass is 9.81. The summed E-state index contributed by atoms with van der Waals surface area (Å²) in [5.41, 5.74) is -0.250. The van der Waals surface area contributed by atoms with Crippen molar-refractivity contribution in [3.63, 3.8) is 0 Å². The van der Waals surface area contributed by atoms with E-state index in [1.54, 1.807) is 24.2 Å². The van der Waals surface area contributed by atoms with Gasteiger partial charge in [0.05, 0.1) is 31.1 Å². The standard InChI is InChI=1S/C15H22N4O2/c1-21-9-8-19-11-13(10-17-19)18-14(20)15(12-16)6-4-2-3-5-7-15/h10-11H,2-9H2,1H3,(H,18,20). The molecule has 0 saturated heterocycles. The molecule has 1 heterocycles. The van der Waals surface area contributed by atoms with Crippen molar-refractivity contribution in [1.82, 2.24) is 9.78 Å². The van der Waals surface area contributed by atoms with Crippen molar-refractivity contribution < 1.29 is 9.53 Å². The first-order valence-electron chi connectivity index (χ1n) is 7.44. The van der Waals surface area contributed by atoms with E-state index >= 15 is 0 Å². The predicted octanol–water partition coefficient (Wildman–Crippen LogP) is 2.33. The minimum absolute atomic E-state index is 0.196. The fourth-order valence-electron chi connectivity index (χ4n) is 2.71. The molecule has 114 valence electrons. The van der Waals surface area contributed by atoms with E-state index in [1.807, 2.05) is 0 Å². The van der Waals surface area contributed by atoms with Crippen LogP contribution in [0.4, 0.5) is 5.69 Å². The van der Waals surface area contributed by atoms with Gasteiger partial charge in [0.15, 0.2) is 0 Å². The highest BCUT2D eigenvalue weighted by Gasteiger charge is 2.39. The Hall–Kier alpha value is -1.87. The largest absolute Gasteiger partial charge is 0.383 e. The fraction of sp³-hybridized carbons (Fsp3) is 0.667. The maximum Gasteiger partial charge on any atom is 0.244 e. The number of amides is 1.